The van der Waals surface area contributed by atoms with Crippen molar-refractivity contribution in [1.82, 2.24) is 9.80 Å². The molecule has 2 heterocycles. The fraction of sp³-hybridized carbons (Fsp3) is 0.818. The van der Waals surface area contributed by atoms with E-state index in [0.29, 0.717) is 45.2 Å². The van der Waals surface area contributed by atoms with Crippen LogP contribution in [0.5, 0.6) is 0 Å². The molecule has 0 aromatic carbocycles. The third-order valence-electron chi connectivity index (χ3n) is 7.92. The van der Waals surface area contributed by atoms with E-state index in [0.717, 1.165) is 19.3 Å². The third-order valence-corrected chi connectivity index (χ3v) is 7.92. The summed E-state index contributed by atoms with van der Waals surface area (Å²) in [5, 5.41) is 11.4. The van der Waals surface area contributed by atoms with Crippen molar-refractivity contribution in [2.24, 2.45) is 23.2 Å². The molecule has 7 nitrogen and oxygen atoms in total. The first-order chi connectivity index (χ1) is 13.9. The number of aliphatic hydroxyl groups is 1. The maximum atomic E-state index is 12.7. The zero-order valence-corrected chi connectivity index (χ0v) is 17.8. The van der Waals surface area contributed by atoms with Gasteiger partial charge in [-0.3, -0.25) is 9.69 Å². The Labute approximate surface area is 173 Å². The number of fused-ring (bicyclic) bond motifs is 2. The number of carbonyl (C=O) groups excluding carboxylic acids is 2. The van der Waals surface area contributed by atoms with Gasteiger partial charge in [-0.05, 0) is 25.7 Å². The SMILES string of the molecule is CCOC(=O)N1CCN(CC2C(=O)O[C@@H]3CC4=CCC[C@@H](C)[C@@]4(C)[C@@H](O)[C@H]23)CC1. The average Bonchev–Trinajstić information content (AvgIpc) is 3.00. The Balaban J connectivity index is 1.44. The fourth-order valence-electron chi connectivity index (χ4n) is 5.88. The van der Waals surface area contributed by atoms with E-state index in [2.05, 4.69) is 24.8 Å². The molecule has 2 aliphatic heterocycles. The Kier molecular flexibility index (Phi) is 5.64. The van der Waals surface area contributed by atoms with Crippen molar-refractivity contribution < 1.29 is 24.2 Å². The number of hydrogen-bond donors (Lipinski definition) is 1. The smallest absolute Gasteiger partial charge is 0.409 e. The Morgan fingerprint density at radius 1 is 1.34 bits per heavy atom. The maximum absolute atomic E-state index is 12.7. The molecule has 1 saturated carbocycles. The molecule has 29 heavy (non-hydrogen) atoms. The Morgan fingerprint density at radius 3 is 2.76 bits per heavy atom. The van der Waals surface area contributed by atoms with E-state index in [1.807, 2.05) is 0 Å². The Bertz CT molecular complexity index is 687. The number of piperazine rings is 1. The molecule has 7 heteroatoms. The van der Waals surface area contributed by atoms with Gasteiger partial charge in [0.1, 0.15) is 6.10 Å². The van der Waals surface area contributed by atoms with Gasteiger partial charge < -0.3 is 19.5 Å². The normalized spacial score (nSPS) is 40.0. The highest BCUT2D eigenvalue weighted by Gasteiger charge is 2.59. The monoisotopic (exact) mass is 406 g/mol. The van der Waals surface area contributed by atoms with Crippen LogP contribution in [0.15, 0.2) is 11.6 Å². The molecule has 0 aromatic heterocycles. The molecular formula is C22H34N2O5. The zero-order chi connectivity index (χ0) is 20.8. The average molecular weight is 407 g/mol. The van der Waals surface area contributed by atoms with E-state index in [4.69, 9.17) is 9.47 Å². The molecule has 2 aliphatic carbocycles. The first-order valence-corrected chi connectivity index (χ1v) is 11.1. The number of allylic oxidation sites excluding steroid dienone is 1. The summed E-state index contributed by atoms with van der Waals surface area (Å²) in [6, 6.07) is 0. The minimum absolute atomic E-state index is 0.159. The molecule has 0 spiro atoms. The van der Waals surface area contributed by atoms with Gasteiger partial charge in [-0.1, -0.05) is 25.5 Å². The second-order valence-corrected chi connectivity index (χ2v) is 9.29. The van der Waals surface area contributed by atoms with Crippen LogP contribution in [0.4, 0.5) is 4.79 Å². The van der Waals surface area contributed by atoms with Gasteiger partial charge in [-0.2, -0.15) is 0 Å². The van der Waals surface area contributed by atoms with Crippen molar-refractivity contribution in [3.05, 3.63) is 11.6 Å². The van der Waals surface area contributed by atoms with Crippen LogP contribution in [0.3, 0.4) is 0 Å². The lowest BCUT2D eigenvalue weighted by molar-refractivity contribution is -0.145. The molecule has 1 unspecified atom stereocenters. The largest absolute Gasteiger partial charge is 0.461 e. The quantitative estimate of drug-likeness (QED) is 0.571. The number of nitrogens with zero attached hydrogens (tertiary/aromatic N) is 2. The van der Waals surface area contributed by atoms with Crippen molar-refractivity contribution in [2.75, 3.05) is 39.3 Å². The highest BCUT2D eigenvalue weighted by molar-refractivity contribution is 5.76. The van der Waals surface area contributed by atoms with Gasteiger partial charge in [0.05, 0.1) is 18.6 Å². The van der Waals surface area contributed by atoms with E-state index in [1.54, 1.807) is 11.8 Å². The summed E-state index contributed by atoms with van der Waals surface area (Å²) >= 11 is 0. The molecule has 4 aliphatic rings. The summed E-state index contributed by atoms with van der Waals surface area (Å²) in [6.45, 7) is 9.75. The second kappa shape index (κ2) is 7.91. The number of amides is 1. The predicted molar refractivity (Wildman–Crippen MR) is 107 cm³/mol. The minimum atomic E-state index is -0.569. The molecule has 6 atom stereocenters. The third kappa shape index (κ3) is 3.46. The standard InChI is InChI=1S/C22H34N2O5/c1-4-28-21(27)24-10-8-23(9-11-24)13-16-18-17(29-20(16)26)12-15-7-5-6-14(2)22(15,3)19(18)25/h7,14,16-19,25H,4-6,8-13H2,1-3H3/t14-,16?,17-,18-,19+,22-/m1/s1. The fourth-order valence-corrected chi connectivity index (χ4v) is 5.88. The van der Waals surface area contributed by atoms with Gasteiger partial charge in [0.25, 0.3) is 0 Å². The maximum Gasteiger partial charge on any atom is 0.409 e. The van der Waals surface area contributed by atoms with Crippen LogP contribution in [0.25, 0.3) is 0 Å². The van der Waals surface area contributed by atoms with Crippen molar-refractivity contribution in [2.45, 2.75) is 52.2 Å². The van der Waals surface area contributed by atoms with Gasteiger partial charge in [0.2, 0.25) is 0 Å². The number of rotatable bonds is 3. The van der Waals surface area contributed by atoms with Crippen LogP contribution in [0, 0.1) is 23.2 Å². The van der Waals surface area contributed by atoms with E-state index in [-0.39, 0.29) is 35.4 Å². The summed E-state index contributed by atoms with van der Waals surface area (Å²) in [5.41, 5.74) is 0.996. The molecule has 3 fully saturated rings. The Hall–Kier alpha value is -1.60. The van der Waals surface area contributed by atoms with Gasteiger partial charge in [0.15, 0.2) is 0 Å². The molecular weight excluding hydrogens is 372 g/mol. The first-order valence-electron chi connectivity index (χ1n) is 11.1. The summed E-state index contributed by atoms with van der Waals surface area (Å²) in [7, 11) is 0. The van der Waals surface area contributed by atoms with E-state index in [9.17, 15) is 14.7 Å². The number of esters is 1. The van der Waals surface area contributed by atoms with Gasteiger partial charge in [-0.15, -0.1) is 0 Å². The van der Waals surface area contributed by atoms with Crippen LogP contribution in [-0.4, -0.2) is 78.5 Å². The van der Waals surface area contributed by atoms with Crippen molar-refractivity contribution in [3.8, 4) is 0 Å². The molecule has 0 radical (unpaired) electrons. The first kappa shape index (κ1) is 20.7. The molecule has 0 bridgehead atoms. The molecule has 1 N–H and O–H groups in total. The summed E-state index contributed by atoms with van der Waals surface area (Å²) in [4.78, 5) is 28.6. The van der Waals surface area contributed by atoms with Gasteiger partial charge in [-0.25, -0.2) is 4.79 Å². The van der Waals surface area contributed by atoms with Crippen LogP contribution in [0.1, 0.15) is 40.0 Å². The van der Waals surface area contributed by atoms with E-state index in [1.165, 1.54) is 5.57 Å². The lowest BCUT2D eigenvalue weighted by Gasteiger charge is -2.52. The molecule has 2 saturated heterocycles. The predicted octanol–water partition coefficient (Wildman–Crippen LogP) is 2.05. The highest BCUT2D eigenvalue weighted by atomic mass is 16.6. The lowest BCUT2D eigenvalue weighted by atomic mass is 9.55. The minimum Gasteiger partial charge on any atom is -0.461 e. The molecule has 162 valence electrons. The van der Waals surface area contributed by atoms with Crippen LogP contribution < -0.4 is 0 Å². The van der Waals surface area contributed by atoms with E-state index >= 15 is 0 Å². The summed E-state index contributed by atoms with van der Waals surface area (Å²) < 4.78 is 10.8. The van der Waals surface area contributed by atoms with E-state index < -0.39 is 6.10 Å². The van der Waals surface area contributed by atoms with Crippen molar-refractivity contribution >= 4 is 12.1 Å². The molecule has 1 amide bonds. The van der Waals surface area contributed by atoms with Crippen LogP contribution in [-0.2, 0) is 14.3 Å². The summed E-state index contributed by atoms with van der Waals surface area (Å²) in [6.07, 6.45) is 4.07. The number of hydrogen-bond acceptors (Lipinski definition) is 6. The molecule has 4 rings (SSSR count). The number of aliphatic hydroxyl groups excluding tert-OH is 1. The molecule has 0 aromatic rings. The van der Waals surface area contributed by atoms with Crippen molar-refractivity contribution in [1.29, 1.82) is 0 Å². The second-order valence-electron chi connectivity index (χ2n) is 9.29. The topological polar surface area (TPSA) is 79.3 Å². The number of ether oxygens (including phenoxy) is 2. The van der Waals surface area contributed by atoms with Crippen LogP contribution >= 0.6 is 0 Å². The summed E-state index contributed by atoms with van der Waals surface area (Å²) in [5.74, 6) is -0.254. The number of carbonyl (C=O) groups is 2. The van der Waals surface area contributed by atoms with Crippen molar-refractivity contribution in [3.63, 3.8) is 0 Å². The zero-order valence-electron chi connectivity index (χ0n) is 17.8. The highest BCUT2D eigenvalue weighted by Crippen LogP contribution is 2.56. The van der Waals surface area contributed by atoms with Gasteiger partial charge in [0, 0.05) is 50.5 Å². The van der Waals surface area contributed by atoms with Gasteiger partial charge >= 0.3 is 12.1 Å². The Morgan fingerprint density at radius 2 is 2.07 bits per heavy atom. The van der Waals surface area contributed by atoms with Crippen LogP contribution in [0.2, 0.25) is 0 Å². The lowest BCUT2D eigenvalue weighted by Crippen LogP contribution is -2.56.